The van der Waals surface area contributed by atoms with E-state index >= 15 is 0 Å². The van der Waals surface area contributed by atoms with Gasteiger partial charge < -0.3 is 10.5 Å². The van der Waals surface area contributed by atoms with E-state index in [1.807, 2.05) is 6.07 Å². The zero-order valence-electron chi connectivity index (χ0n) is 13.4. The van der Waals surface area contributed by atoms with Gasteiger partial charge in [-0.25, -0.2) is 0 Å². The third-order valence-corrected chi connectivity index (χ3v) is 4.54. The first-order chi connectivity index (χ1) is 10.1. The van der Waals surface area contributed by atoms with Gasteiger partial charge in [0.25, 0.3) is 0 Å². The van der Waals surface area contributed by atoms with Crippen LogP contribution in [0.1, 0.15) is 56.2 Å². The van der Waals surface area contributed by atoms with Crippen molar-refractivity contribution < 1.29 is 4.74 Å². The van der Waals surface area contributed by atoms with Crippen molar-refractivity contribution in [3.05, 3.63) is 28.3 Å². The summed E-state index contributed by atoms with van der Waals surface area (Å²) in [5.74, 6) is 1.37. The Balaban J connectivity index is 2.47. The quantitative estimate of drug-likeness (QED) is 0.864. The van der Waals surface area contributed by atoms with Crippen LogP contribution in [0.25, 0.3) is 0 Å². The van der Waals surface area contributed by atoms with Crippen LogP contribution in [0.15, 0.2) is 12.1 Å². The van der Waals surface area contributed by atoms with Gasteiger partial charge in [0, 0.05) is 16.6 Å². The maximum absolute atomic E-state index is 6.37. The molecule has 0 radical (unpaired) electrons. The summed E-state index contributed by atoms with van der Waals surface area (Å²) in [6, 6.07) is 4.40. The molecule has 0 bridgehead atoms. The van der Waals surface area contributed by atoms with E-state index in [1.165, 1.54) is 24.0 Å². The average molecular weight is 311 g/mol. The van der Waals surface area contributed by atoms with Crippen molar-refractivity contribution in [2.24, 2.45) is 5.73 Å². The molecule has 1 fully saturated rings. The van der Waals surface area contributed by atoms with E-state index < -0.39 is 0 Å². The molecule has 1 heterocycles. The molecule has 21 heavy (non-hydrogen) atoms. The Morgan fingerprint density at radius 3 is 2.38 bits per heavy atom. The van der Waals surface area contributed by atoms with Crippen LogP contribution in [0.2, 0.25) is 5.02 Å². The van der Waals surface area contributed by atoms with Crippen LogP contribution in [0.3, 0.4) is 0 Å². The number of nitrogens with zero attached hydrogens (tertiary/aromatic N) is 1. The van der Waals surface area contributed by atoms with Crippen LogP contribution in [-0.4, -0.2) is 31.6 Å². The number of rotatable bonds is 6. The summed E-state index contributed by atoms with van der Waals surface area (Å²) in [5, 5.41) is 0.788. The minimum atomic E-state index is 0.309. The highest BCUT2D eigenvalue weighted by Gasteiger charge is 2.27. The Bertz CT molecular complexity index is 470. The van der Waals surface area contributed by atoms with Crippen LogP contribution < -0.4 is 10.5 Å². The molecule has 4 heteroatoms. The van der Waals surface area contributed by atoms with Gasteiger partial charge in [0.15, 0.2) is 0 Å². The molecule has 1 atom stereocenters. The molecular weight excluding hydrogens is 284 g/mol. The topological polar surface area (TPSA) is 38.5 Å². The van der Waals surface area contributed by atoms with Crippen molar-refractivity contribution in [2.75, 3.05) is 26.7 Å². The second kappa shape index (κ2) is 7.48. The lowest BCUT2D eigenvalue weighted by Crippen LogP contribution is -2.28. The van der Waals surface area contributed by atoms with Crippen molar-refractivity contribution >= 4 is 11.6 Å². The maximum atomic E-state index is 6.37. The molecular formula is C17H27ClN2O. The van der Waals surface area contributed by atoms with Crippen molar-refractivity contribution in [3.63, 3.8) is 0 Å². The van der Waals surface area contributed by atoms with Gasteiger partial charge in [0.2, 0.25) is 0 Å². The molecule has 0 aromatic heterocycles. The standard InChI is InChI=1S/C17H27ClN2O/c1-12(2)14-10-13(18)11-15(17(14)21-3)16(6-7-19)20-8-4-5-9-20/h10-12,16H,4-9,19H2,1-3H3. The Morgan fingerprint density at radius 2 is 1.86 bits per heavy atom. The largest absolute Gasteiger partial charge is 0.496 e. The summed E-state index contributed by atoms with van der Waals surface area (Å²) >= 11 is 6.37. The molecule has 3 nitrogen and oxygen atoms in total. The van der Waals surface area contributed by atoms with E-state index in [0.717, 1.165) is 30.3 Å². The summed E-state index contributed by atoms with van der Waals surface area (Å²) in [7, 11) is 1.75. The maximum Gasteiger partial charge on any atom is 0.127 e. The highest BCUT2D eigenvalue weighted by atomic mass is 35.5. The molecule has 1 aromatic carbocycles. The molecule has 0 saturated carbocycles. The fourth-order valence-corrected chi connectivity index (χ4v) is 3.53. The number of hydrogen-bond donors (Lipinski definition) is 1. The van der Waals surface area contributed by atoms with Crippen molar-refractivity contribution in [1.82, 2.24) is 4.90 Å². The Hall–Kier alpha value is -0.770. The lowest BCUT2D eigenvalue weighted by molar-refractivity contribution is 0.230. The van der Waals surface area contributed by atoms with Gasteiger partial charge in [-0.15, -0.1) is 0 Å². The molecule has 2 N–H and O–H groups in total. The van der Waals surface area contributed by atoms with Gasteiger partial charge in [0.05, 0.1) is 7.11 Å². The van der Waals surface area contributed by atoms with Gasteiger partial charge in [-0.3, -0.25) is 4.90 Å². The first kappa shape index (κ1) is 16.6. The molecule has 1 aliphatic rings. The second-order valence-electron chi connectivity index (χ2n) is 6.11. The molecule has 1 saturated heterocycles. The van der Waals surface area contributed by atoms with E-state index in [4.69, 9.17) is 22.1 Å². The minimum absolute atomic E-state index is 0.309. The Labute approximate surface area is 133 Å². The van der Waals surface area contributed by atoms with E-state index in [0.29, 0.717) is 18.5 Å². The predicted octanol–water partition coefficient (Wildman–Crippen LogP) is 3.96. The van der Waals surface area contributed by atoms with E-state index in [-0.39, 0.29) is 0 Å². The number of benzene rings is 1. The lowest BCUT2D eigenvalue weighted by atomic mass is 9.93. The van der Waals surface area contributed by atoms with Crippen LogP contribution >= 0.6 is 11.6 Å². The average Bonchev–Trinajstić information content (AvgIpc) is 2.97. The summed E-state index contributed by atoms with van der Waals surface area (Å²) < 4.78 is 5.75. The highest BCUT2D eigenvalue weighted by Crippen LogP contribution is 2.40. The molecule has 1 aliphatic heterocycles. The molecule has 118 valence electrons. The molecule has 0 aliphatic carbocycles. The van der Waals surface area contributed by atoms with E-state index in [2.05, 4.69) is 24.8 Å². The van der Waals surface area contributed by atoms with Crippen LogP contribution in [0, 0.1) is 0 Å². The Kier molecular flexibility index (Phi) is 5.91. The first-order valence-corrected chi connectivity index (χ1v) is 8.27. The smallest absolute Gasteiger partial charge is 0.127 e. The summed E-state index contributed by atoms with van der Waals surface area (Å²) in [4.78, 5) is 2.52. The number of nitrogens with two attached hydrogens (primary N) is 1. The Morgan fingerprint density at radius 1 is 1.24 bits per heavy atom. The SMILES string of the molecule is COc1c(C(C)C)cc(Cl)cc1C(CCN)N1CCCC1. The van der Waals surface area contributed by atoms with Crippen molar-refractivity contribution in [1.29, 1.82) is 0 Å². The van der Waals surface area contributed by atoms with Gasteiger partial charge in [0.1, 0.15) is 5.75 Å². The predicted molar refractivity (Wildman–Crippen MR) is 89.3 cm³/mol. The number of halogens is 1. The van der Waals surface area contributed by atoms with Gasteiger partial charge in [-0.1, -0.05) is 25.4 Å². The monoisotopic (exact) mass is 310 g/mol. The van der Waals surface area contributed by atoms with Crippen LogP contribution in [0.4, 0.5) is 0 Å². The molecule has 0 spiro atoms. The zero-order chi connectivity index (χ0) is 15.4. The summed E-state index contributed by atoms with van der Waals surface area (Å²) in [6.07, 6.45) is 3.47. The molecule has 1 aromatic rings. The van der Waals surface area contributed by atoms with Gasteiger partial charge >= 0.3 is 0 Å². The number of hydrogen-bond acceptors (Lipinski definition) is 3. The minimum Gasteiger partial charge on any atom is -0.496 e. The van der Waals surface area contributed by atoms with E-state index in [9.17, 15) is 0 Å². The van der Waals surface area contributed by atoms with Crippen molar-refractivity contribution in [3.8, 4) is 5.75 Å². The molecule has 1 unspecified atom stereocenters. The third-order valence-electron chi connectivity index (χ3n) is 4.32. The van der Waals surface area contributed by atoms with Crippen LogP contribution in [0.5, 0.6) is 5.75 Å². The number of methoxy groups -OCH3 is 1. The van der Waals surface area contributed by atoms with E-state index in [1.54, 1.807) is 7.11 Å². The molecule has 2 rings (SSSR count). The first-order valence-electron chi connectivity index (χ1n) is 7.90. The number of likely N-dealkylation sites (tertiary alicyclic amines) is 1. The fourth-order valence-electron chi connectivity index (χ4n) is 3.29. The summed E-state index contributed by atoms with van der Waals surface area (Å²) in [5.41, 5.74) is 8.24. The number of ether oxygens (including phenoxy) is 1. The normalized spacial score (nSPS) is 17.4. The lowest BCUT2D eigenvalue weighted by Gasteiger charge is -2.30. The van der Waals surface area contributed by atoms with Gasteiger partial charge in [-0.05, 0) is 62.5 Å². The highest BCUT2D eigenvalue weighted by molar-refractivity contribution is 6.30. The summed E-state index contributed by atoms with van der Waals surface area (Å²) in [6.45, 7) is 7.29. The van der Waals surface area contributed by atoms with Crippen LogP contribution in [-0.2, 0) is 0 Å². The second-order valence-corrected chi connectivity index (χ2v) is 6.54. The van der Waals surface area contributed by atoms with Gasteiger partial charge in [-0.2, -0.15) is 0 Å². The van der Waals surface area contributed by atoms with Crippen molar-refractivity contribution in [2.45, 2.75) is 45.1 Å². The zero-order valence-corrected chi connectivity index (χ0v) is 14.1. The third kappa shape index (κ3) is 3.71. The molecule has 0 amide bonds. The fraction of sp³-hybridized carbons (Fsp3) is 0.647.